The van der Waals surface area contributed by atoms with Gasteiger partial charge < -0.3 is 25.0 Å². The third-order valence-corrected chi connectivity index (χ3v) is 5.46. The van der Waals surface area contributed by atoms with Gasteiger partial charge in [-0.25, -0.2) is 9.50 Å². The Bertz CT molecular complexity index is 1050. The van der Waals surface area contributed by atoms with Gasteiger partial charge in [0.25, 0.3) is 0 Å². The van der Waals surface area contributed by atoms with E-state index in [1.807, 2.05) is 26.8 Å². The molecule has 0 aromatic carbocycles. The van der Waals surface area contributed by atoms with E-state index in [0.29, 0.717) is 11.9 Å². The molecule has 1 aliphatic rings. The van der Waals surface area contributed by atoms with E-state index in [9.17, 15) is 25.1 Å². The molecule has 0 radical (unpaired) electrons. The van der Waals surface area contributed by atoms with E-state index in [1.54, 1.807) is 6.07 Å². The number of carbonyl (C=O) groups excluding carboxylic acids is 2. The number of fused-ring (bicyclic) bond motifs is 1. The van der Waals surface area contributed by atoms with Crippen LogP contribution in [0.1, 0.15) is 52.1 Å². The van der Waals surface area contributed by atoms with E-state index in [1.165, 1.54) is 16.9 Å². The molecule has 3 heterocycles. The van der Waals surface area contributed by atoms with Gasteiger partial charge in [0, 0.05) is 12.8 Å². The van der Waals surface area contributed by atoms with Gasteiger partial charge >= 0.3 is 5.97 Å². The molecular formula is C22H29N5O6. The third-order valence-electron chi connectivity index (χ3n) is 5.46. The van der Waals surface area contributed by atoms with E-state index in [4.69, 9.17) is 9.47 Å². The van der Waals surface area contributed by atoms with Gasteiger partial charge in [-0.3, -0.25) is 9.59 Å². The van der Waals surface area contributed by atoms with Crippen molar-refractivity contribution < 1.29 is 29.3 Å². The van der Waals surface area contributed by atoms with E-state index in [2.05, 4.69) is 15.4 Å². The molecule has 178 valence electrons. The molecule has 3 N–H and O–H groups in total. The maximum Gasteiger partial charge on any atom is 0.306 e. The highest BCUT2D eigenvalue weighted by Gasteiger charge is 2.57. The van der Waals surface area contributed by atoms with Crippen LogP contribution < -0.4 is 5.32 Å². The summed E-state index contributed by atoms with van der Waals surface area (Å²) in [6, 6.07) is 5.05. The number of hydrogen-bond donors (Lipinski definition) is 3. The Morgan fingerprint density at radius 2 is 2.15 bits per heavy atom. The molecule has 11 heteroatoms. The summed E-state index contributed by atoms with van der Waals surface area (Å²) in [5, 5.41) is 38.2. The first kappa shape index (κ1) is 24.6. The summed E-state index contributed by atoms with van der Waals surface area (Å²) in [6.07, 6.45) is -0.869. The van der Waals surface area contributed by atoms with Crippen molar-refractivity contribution in [3.8, 4) is 6.07 Å². The number of hydrogen-bond acceptors (Lipinski definition) is 9. The van der Waals surface area contributed by atoms with Gasteiger partial charge in [-0.15, -0.1) is 0 Å². The van der Waals surface area contributed by atoms with Crippen molar-refractivity contribution in [2.75, 3.05) is 11.9 Å². The highest BCUT2D eigenvalue weighted by Crippen LogP contribution is 2.40. The van der Waals surface area contributed by atoms with Crippen LogP contribution in [0.15, 0.2) is 18.5 Å². The summed E-state index contributed by atoms with van der Waals surface area (Å²) < 4.78 is 12.3. The number of esters is 1. The van der Waals surface area contributed by atoms with Gasteiger partial charge in [0.2, 0.25) is 11.5 Å². The molecule has 2 aromatic rings. The summed E-state index contributed by atoms with van der Waals surface area (Å²) >= 11 is 0. The summed E-state index contributed by atoms with van der Waals surface area (Å²) in [7, 11) is 0. The number of aliphatic hydroxyl groups excluding tert-OH is 2. The molecule has 1 aliphatic heterocycles. The van der Waals surface area contributed by atoms with Crippen molar-refractivity contribution in [1.29, 1.82) is 5.26 Å². The lowest BCUT2D eigenvalue weighted by Gasteiger charge is -2.24. The molecular weight excluding hydrogens is 430 g/mol. The van der Waals surface area contributed by atoms with Gasteiger partial charge in [0.05, 0.1) is 5.69 Å². The lowest BCUT2D eigenvalue weighted by atomic mass is 9.92. The van der Waals surface area contributed by atoms with E-state index >= 15 is 0 Å². The fourth-order valence-electron chi connectivity index (χ4n) is 3.73. The number of unbranched alkanes of at least 4 members (excludes halogenated alkanes) is 1. The molecule has 1 amide bonds. The van der Waals surface area contributed by atoms with Crippen molar-refractivity contribution in [3.63, 3.8) is 0 Å². The zero-order chi connectivity index (χ0) is 24.2. The SMILES string of the molecule is CCCCC(=O)Nc1ncnn2c([C@]3(C#N)O[C@H](COC(=O)CC(C)C)[C@@H](O)[C@H]3O)ccc12. The number of aromatic nitrogens is 3. The van der Waals surface area contributed by atoms with Crippen LogP contribution in [0.3, 0.4) is 0 Å². The topological polar surface area (TPSA) is 159 Å². The maximum atomic E-state index is 12.2. The first-order valence-electron chi connectivity index (χ1n) is 11.0. The van der Waals surface area contributed by atoms with Crippen molar-refractivity contribution in [2.45, 2.75) is 70.4 Å². The monoisotopic (exact) mass is 459 g/mol. The average molecular weight is 460 g/mol. The quantitative estimate of drug-likeness (QED) is 0.470. The van der Waals surface area contributed by atoms with E-state index in [-0.39, 0.29) is 36.4 Å². The Morgan fingerprint density at radius 1 is 1.39 bits per heavy atom. The van der Waals surface area contributed by atoms with Gasteiger partial charge in [0.15, 0.2) is 5.82 Å². The first-order chi connectivity index (χ1) is 15.7. The number of nitrogens with zero attached hydrogens (tertiary/aromatic N) is 4. The van der Waals surface area contributed by atoms with Crippen LogP contribution >= 0.6 is 0 Å². The maximum absolute atomic E-state index is 12.2. The number of rotatable bonds is 9. The molecule has 0 saturated carbocycles. The number of ether oxygens (including phenoxy) is 2. The number of anilines is 1. The predicted octanol–water partition coefficient (Wildman–Crippen LogP) is 1.29. The van der Waals surface area contributed by atoms with Crippen LogP contribution in [0.4, 0.5) is 5.82 Å². The lowest BCUT2D eigenvalue weighted by molar-refractivity contribution is -0.151. The highest BCUT2D eigenvalue weighted by atomic mass is 16.6. The number of nitrogens with one attached hydrogen (secondary N) is 1. The van der Waals surface area contributed by atoms with E-state index in [0.717, 1.165) is 12.8 Å². The fourth-order valence-corrected chi connectivity index (χ4v) is 3.73. The normalized spacial score (nSPS) is 24.7. The van der Waals surface area contributed by atoms with Gasteiger partial charge in [0.1, 0.15) is 42.8 Å². The molecule has 0 bridgehead atoms. The first-order valence-corrected chi connectivity index (χ1v) is 11.0. The Kier molecular flexibility index (Phi) is 7.63. The van der Waals surface area contributed by atoms with Crippen molar-refractivity contribution in [3.05, 3.63) is 24.2 Å². The molecule has 3 rings (SSSR count). The third kappa shape index (κ3) is 4.98. The number of amides is 1. The van der Waals surface area contributed by atoms with Gasteiger partial charge in [-0.05, 0) is 24.5 Å². The predicted molar refractivity (Wildman–Crippen MR) is 116 cm³/mol. The zero-order valence-electron chi connectivity index (χ0n) is 18.9. The minimum Gasteiger partial charge on any atom is -0.463 e. The Morgan fingerprint density at radius 3 is 2.82 bits per heavy atom. The van der Waals surface area contributed by atoms with Crippen LogP contribution in [0, 0.1) is 17.2 Å². The molecule has 0 unspecified atom stereocenters. The zero-order valence-corrected chi connectivity index (χ0v) is 18.9. The smallest absolute Gasteiger partial charge is 0.306 e. The second-order valence-corrected chi connectivity index (χ2v) is 8.50. The lowest BCUT2D eigenvalue weighted by Crippen LogP contribution is -2.41. The van der Waals surface area contributed by atoms with E-state index < -0.39 is 29.9 Å². The largest absolute Gasteiger partial charge is 0.463 e. The summed E-state index contributed by atoms with van der Waals surface area (Å²) in [4.78, 5) is 28.1. The van der Waals surface area contributed by atoms with Crippen molar-refractivity contribution in [2.24, 2.45) is 5.92 Å². The Balaban J connectivity index is 1.87. The molecule has 1 saturated heterocycles. The van der Waals surface area contributed by atoms with Gasteiger partial charge in [-0.1, -0.05) is 27.2 Å². The molecule has 2 aromatic heterocycles. The summed E-state index contributed by atoms with van der Waals surface area (Å²) in [5.41, 5.74) is -1.43. The average Bonchev–Trinajstić information content (AvgIpc) is 3.32. The number of aliphatic hydroxyl groups is 2. The van der Waals surface area contributed by atoms with Crippen molar-refractivity contribution in [1.82, 2.24) is 14.6 Å². The van der Waals surface area contributed by atoms with Crippen LogP contribution in [0.25, 0.3) is 5.52 Å². The Hall–Kier alpha value is -3.07. The molecule has 11 nitrogen and oxygen atoms in total. The summed E-state index contributed by atoms with van der Waals surface area (Å²) in [5.74, 6) is -0.322. The van der Waals surface area contributed by atoms with Crippen LogP contribution in [-0.2, 0) is 24.7 Å². The fraction of sp³-hybridized carbons (Fsp3) is 0.591. The molecule has 1 fully saturated rings. The minimum atomic E-state index is -1.97. The Labute approximate surface area is 191 Å². The van der Waals surface area contributed by atoms with Crippen molar-refractivity contribution >= 4 is 23.2 Å². The number of carbonyl (C=O) groups is 2. The van der Waals surface area contributed by atoms with Crippen LogP contribution in [0.2, 0.25) is 0 Å². The minimum absolute atomic E-state index is 0.0964. The van der Waals surface area contributed by atoms with Crippen LogP contribution in [0.5, 0.6) is 0 Å². The summed E-state index contributed by atoms with van der Waals surface area (Å²) in [6.45, 7) is 5.40. The molecule has 33 heavy (non-hydrogen) atoms. The standard InChI is InChI=1S/C22H29N5O6/c1-4-5-6-17(28)26-21-14-7-8-16(27(14)25-12-24-21)22(11-23)20(31)19(30)15(33-22)10-32-18(29)9-13(2)3/h7-8,12-13,15,19-20,30-31H,4-6,9-10H2,1-3H3,(H,24,25,26,28)/t15-,19-,20-,22+/m1/s1. The highest BCUT2D eigenvalue weighted by molar-refractivity contribution is 5.93. The second-order valence-electron chi connectivity index (χ2n) is 8.50. The molecule has 0 spiro atoms. The molecule has 0 aliphatic carbocycles. The molecule has 4 atom stereocenters. The number of nitriles is 1. The second kappa shape index (κ2) is 10.2. The van der Waals surface area contributed by atoms with Gasteiger partial charge in [-0.2, -0.15) is 10.4 Å². The van der Waals surface area contributed by atoms with Crippen LogP contribution in [-0.4, -0.2) is 61.6 Å².